The number of nitrogens with zero attached hydrogens (tertiary/aromatic N) is 1. The molecule has 0 aromatic carbocycles. The maximum atomic E-state index is 11.4. The quantitative estimate of drug-likeness (QED) is 0.765. The summed E-state index contributed by atoms with van der Waals surface area (Å²) in [6.45, 7) is 4.63. The van der Waals surface area contributed by atoms with Crippen molar-refractivity contribution in [2.75, 3.05) is 0 Å². The zero-order chi connectivity index (χ0) is 10.8. The Balaban J connectivity index is 2.03. The molecule has 0 amide bonds. The van der Waals surface area contributed by atoms with Crippen LogP contribution in [0, 0.1) is 0 Å². The first-order valence-corrected chi connectivity index (χ1v) is 6.40. The van der Waals surface area contributed by atoms with Crippen LogP contribution >= 0.6 is 11.3 Å². The van der Waals surface area contributed by atoms with Crippen molar-refractivity contribution in [2.45, 2.75) is 45.3 Å². The second-order valence-electron chi connectivity index (χ2n) is 4.32. The molecular formula is C12H17NOS. The average molecular weight is 223 g/mol. The smallest absolute Gasteiger partial charge is 0.146 e. The largest absolute Gasteiger partial charge is 0.298 e. The Hall–Kier alpha value is -0.670. The molecule has 1 aliphatic rings. The number of carbonyl (C=O) groups excluding carboxylic acids is 1. The molecule has 0 bridgehead atoms. The van der Waals surface area contributed by atoms with E-state index in [9.17, 15) is 4.79 Å². The van der Waals surface area contributed by atoms with Gasteiger partial charge in [-0.1, -0.05) is 0 Å². The van der Waals surface area contributed by atoms with Crippen molar-refractivity contribution in [3.05, 3.63) is 22.4 Å². The molecule has 0 spiro atoms. The molecule has 0 N–H and O–H groups in total. The number of ketones is 1. The molecule has 0 saturated heterocycles. The Morgan fingerprint density at radius 3 is 2.87 bits per heavy atom. The zero-order valence-electron chi connectivity index (χ0n) is 9.27. The molecule has 82 valence electrons. The molecule has 1 unspecified atom stereocenters. The Morgan fingerprint density at radius 1 is 1.67 bits per heavy atom. The Bertz CT molecular complexity index is 329. The van der Waals surface area contributed by atoms with Crippen LogP contribution in [0.3, 0.4) is 0 Å². The lowest BCUT2D eigenvalue weighted by atomic mass is 10.1. The van der Waals surface area contributed by atoms with Gasteiger partial charge in [0.15, 0.2) is 0 Å². The fraction of sp³-hybridized carbons (Fsp3) is 0.583. The van der Waals surface area contributed by atoms with Crippen LogP contribution in [0.5, 0.6) is 0 Å². The molecule has 3 heteroatoms. The molecule has 0 radical (unpaired) electrons. The molecule has 1 aromatic heterocycles. The molecule has 2 rings (SSSR count). The summed E-state index contributed by atoms with van der Waals surface area (Å²) >= 11 is 1.72. The lowest BCUT2D eigenvalue weighted by molar-refractivity contribution is -0.122. The molecule has 1 fully saturated rings. The van der Waals surface area contributed by atoms with Crippen molar-refractivity contribution in [3.63, 3.8) is 0 Å². The summed E-state index contributed by atoms with van der Waals surface area (Å²) in [6.07, 6.45) is 2.50. The van der Waals surface area contributed by atoms with E-state index in [-0.39, 0.29) is 11.8 Å². The van der Waals surface area contributed by atoms with Gasteiger partial charge in [0.25, 0.3) is 0 Å². The highest BCUT2D eigenvalue weighted by molar-refractivity contribution is 7.07. The highest BCUT2D eigenvalue weighted by Crippen LogP contribution is 2.30. The van der Waals surface area contributed by atoms with E-state index in [1.165, 1.54) is 18.4 Å². The molecule has 1 aliphatic carbocycles. The van der Waals surface area contributed by atoms with E-state index in [0.29, 0.717) is 6.04 Å². The molecule has 2 nitrogen and oxygen atoms in total. The SMILES string of the molecule is CC(=O)C(C)N(Cc1ccsc1)C1CC1. The third-order valence-electron chi connectivity index (χ3n) is 3.05. The second-order valence-corrected chi connectivity index (χ2v) is 5.10. The lowest BCUT2D eigenvalue weighted by Gasteiger charge is -2.26. The van der Waals surface area contributed by atoms with Gasteiger partial charge in [-0.3, -0.25) is 9.69 Å². The molecular weight excluding hydrogens is 206 g/mol. The van der Waals surface area contributed by atoms with Crippen LogP contribution in [0.4, 0.5) is 0 Å². The lowest BCUT2D eigenvalue weighted by Crippen LogP contribution is -2.38. The number of thiophene rings is 1. The normalized spacial score (nSPS) is 18.1. The van der Waals surface area contributed by atoms with Gasteiger partial charge < -0.3 is 0 Å². The van der Waals surface area contributed by atoms with Crippen LogP contribution in [0.1, 0.15) is 32.3 Å². The van der Waals surface area contributed by atoms with E-state index < -0.39 is 0 Å². The summed E-state index contributed by atoms with van der Waals surface area (Å²) in [5, 5.41) is 4.26. The highest BCUT2D eigenvalue weighted by atomic mass is 32.1. The van der Waals surface area contributed by atoms with E-state index in [1.807, 2.05) is 6.92 Å². The number of rotatable bonds is 5. The summed E-state index contributed by atoms with van der Waals surface area (Å²) in [6, 6.07) is 2.86. The molecule has 15 heavy (non-hydrogen) atoms. The monoisotopic (exact) mass is 223 g/mol. The van der Waals surface area contributed by atoms with Gasteiger partial charge in [-0.2, -0.15) is 11.3 Å². The first kappa shape index (κ1) is 10.8. The van der Waals surface area contributed by atoms with Crippen LogP contribution < -0.4 is 0 Å². The zero-order valence-corrected chi connectivity index (χ0v) is 10.1. The fourth-order valence-electron chi connectivity index (χ4n) is 1.82. The van der Waals surface area contributed by atoms with Crippen molar-refractivity contribution >= 4 is 17.1 Å². The van der Waals surface area contributed by atoms with Crippen LogP contribution in [-0.2, 0) is 11.3 Å². The molecule has 1 atom stereocenters. The van der Waals surface area contributed by atoms with Gasteiger partial charge in [0.1, 0.15) is 5.78 Å². The summed E-state index contributed by atoms with van der Waals surface area (Å²) in [4.78, 5) is 13.7. The topological polar surface area (TPSA) is 20.3 Å². The Morgan fingerprint density at radius 2 is 2.40 bits per heavy atom. The second kappa shape index (κ2) is 4.45. The first-order valence-electron chi connectivity index (χ1n) is 5.45. The van der Waals surface area contributed by atoms with E-state index in [1.54, 1.807) is 18.3 Å². The van der Waals surface area contributed by atoms with Crippen LogP contribution in [0.2, 0.25) is 0 Å². The van der Waals surface area contributed by atoms with Crippen LogP contribution in [-0.4, -0.2) is 22.8 Å². The predicted octanol–water partition coefficient (Wildman–Crippen LogP) is 2.69. The van der Waals surface area contributed by atoms with E-state index in [4.69, 9.17) is 0 Å². The van der Waals surface area contributed by atoms with Gasteiger partial charge in [0, 0.05) is 12.6 Å². The average Bonchev–Trinajstić information content (AvgIpc) is 2.92. The van der Waals surface area contributed by atoms with Crippen molar-refractivity contribution in [2.24, 2.45) is 0 Å². The Labute approximate surface area is 94.9 Å². The van der Waals surface area contributed by atoms with E-state index in [2.05, 4.69) is 21.7 Å². The highest BCUT2D eigenvalue weighted by Gasteiger charge is 2.33. The number of carbonyl (C=O) groups is 1. The van der Waals surface area contributed by atoms with Gasteiger partial charge in [-0.15, -0.1) is 0 Å². The number of hydrogen-bond donors (Lipinski definition) is 0. The van der Waals surface area contributed by atoms with Crippen LogP contribution in [0.15, 0.2) is 16.8 Å². The number of hydrogen-bond acceptors (Lipinski definition) is 3. The summed E-state index contributed by atoms with van der Waals surface area (Å²) in [5.74, 6) is 0.275. The minimum Gasteiger partial charge on any atom is -0.298 e. The molecule has 1 aromatic rings. The van der Waals surface area contributed by atoms with Gasteiger partial charge in [-0.05, 0) is 49.1 Å². The van der Waals surface area contributed by atoms with Gasteiger partial charge >= 0.3 is 0 Å². The predicted molar refractivity (Wildman–Crippen MR) is 63.0 cm³/mol. The molecule has 1 heterocycles. The maximum Gasteiger partial charge on any atom is 0.146 e. The van der Waals surface area contributed by atoms with E-state index >= 15 is 0 Å². The number of Topliss-reactive ketones (excluding diaryl/α,β-unsaturated/α-hetero) is 1. The summed E-state index contributed by atoms with van der Waals surface area (Å²) < 4.78 is 0. The van der Waals surface area contributed by atoms with Crippen molar-refractivity contribution in [3.8, 4) is 0 Å². The minimum atomic E-state index is 0.0670. The first-order chi connectivity index (χ1) is 7.18. The third-order valence-corrected chi connectivity index (χ3v) is 3.78. The summed E-state index contributed by atoms with van der Waals surface area (Å²) in [5.41, 5.74) is 1.33. The molecule has 1 saturated carbocycles. The van der Waals surface area contributed by atoms with Crippen molar-refractivity contribution < 1.29 is 4.79 Å². The molecule has 0 aliphatic heterocycles. The standard InChI is InChI=1S/C12H17NOS/c1-9(10(2)14)13(12-3-4-12)7-11-5-6-15-8-11/h5-6,8-9,12H,3-4,7H2,1-2H3. The van der Waals surface area contributed by atoms with Crippen LogP contribution in [0.25, 0.3) is 0 Å². The Kier molecular flexibility index (Phi) is 3.22. The third kappa shape index (κ3) is 2.67. The fourth-order valence-corrected chi connectivity index (χ4v) is 2.48. The summed E-state index contributed by atoms with van der Waals surface area (Å²) in [7, 11) is 0. The van der Waals surface area contributed by atoms with Crippen molar-refractivity contribution in [1.82, 2.24) is 4.90 Å². The maximum absolute atomic E-state index is 11.4. The van der Waals surface area contributed by atoms with Gasteiger partial charge in [0.05, 0.1) is 6.04 Å². The van der Waals surface area contributed by atoms with Crippen molar-refractivity contribution in [1.29, 1.82) is 0 Å². The van der Waals surface area contributed by atoms with Gasteiger partial charge in [0.2, 0.25) is 0 Å². The van der Waals surface area contributed by atoms with E-state index in [0.717, 1.165) is 6.54 Å². The van der Waals surface area contributed by atoms with Gasteiger partial charge in [-0.25, -0.2) is 0 Å². The minimum absolute atomic E-state index is 0.0670.